The first kappa shape index (κ1) is 17.2. The van der Waals surface area contributed by atoms with Crippen molar-refractivity contribution in [1.29, 1.82) is 0 Å². The molecular weight excluding hydrogens is 301 g/mol. The minimum atomic E-state index is -4.47. The molecule has 0 spiro atoms. The van der Waals surface area contributed by atoms with Gasteiger partial charge in [-0.05, 0) is 12.8 Å². The number of ether oxygens (including phenoxy) is 1. The maximum absolute atomic E-state index is 11.9. The molecule has 1 rings (SSSR count). The molecule has 20 heavy (non-hydrogen) atoms. The van der Waals surface area contributed by atoms with Crippen molar-refractivity contribution in [2.75, 3.05) is 32.6 Å². The van der Waals surface area contributed by atoms with Gasteiger partial charge < -0.3 is 9.64 Å². The third kappa shape index (κ3) is 7.06. The van der Waals surface area contributed by atoms with Gasteiger partial charge in [-0.25, -0.2) is 13.1 Å². The van der Waals surface area contributed by atoms with Crippen molar-refractivity contribution in [3.8, 4) is 0 Å². The van der Waals surface area contributed by atoms with Crippen LogP contribution in [0.15, 0.2) is 0 Å². The second-order valence-electron chi connectivity index (χ2n) is 4.68. The van der Waals surface area contributed by atoms with Crippen molar-refractivity contribution in [2.45, 2.75) is 25.1 Å². The molecule has 1 N–H and O–H groups in total. The number of rotatable bonds is 5. The molecule has 1 heterocycles. The van der Waals surface area contributed by atoms with Crippen molar-refractivity contribution in [3.05, 3.63) is 0 Å². The quantitative estimate of drug-likeness (QED) is 0.780. The van der Waals surface area contributed by atoms with E-state index in [2.05, 4.69) is 9.46 Å². The largest absolute Gasteiger partial charge is 0.411 e. The van der Waals surface area contributed by atoms with Crippen LogP contribution in [-0.4, -0.2) is 64.0 Å². The summed E-state index contributed by atoms with van der Waals surface area (Å²) in [5, 5.41) is 0. The van der Waals surface area contributed by atoms with Crippen LogP contribution in [-0.2, 0) is 19.6 Å². The Morgan fingerprint density at radius 3 is 2.65 bits per heavy atom. The number of carbonyl (C=O) groups is 1. The third-order valence-corrected chi connectivity index (χ3v) is 3.41. The summed E-state index contributed by atoms with van der Waals surface area (Å²) in [6.45, 7) is -1.61. The van der Waals surface area contributed by atoms with Gasteiger partial charge in [-0.2, -0.15) is 13.2 Å². The van der Waals surface area contributed by atoms with Crippen LogP contribution in [0.3, 0.4) is 0 Å². The normalized spacial score (nSPS) is 21.0. The predicted molar refractivity (Wildman–Crippen MR) is 64.5 cm³/mol. The molecule has 6 nitrogen and oxygen atoms in total. The molecular formula is C10H17F3N2O4S. The van der Waals surface area contributed by atoms with Gasteiger partial charge in [0.15, 0.2) is 0 Å². The molecule has 1 aliphatic heterocycles. The Kier molecular flexibility index (Phi) is 5.78. The van der Waals surface area contributed by atoms with Crippen molar-refractivity contribution in [2.24, 2.45) is 0 Å². The fourth-order valence-corrected chi connectivity index (χ4v) is 2.75. The lowest BCUT2D eigenvalue weighted by Crippen LogP contribution is -2.50. The first-order chi connectivity index (χ1) is 9.07. The Morgan fingerprint density at radius 1 is 1.45 bits per heavy atom. The van der Waals surface area contributed by atoms with Gasteiger partial charge in [-0.15, -0.1) is 0 Å². The Labute approximate surface area is 115 Å². The molecule has 0 aromatic rings. The van der Waals surface area contributed by atoms with Gasteiger partial charge >= 0.3 is 6.18 Å². The topological polar surface area (TPSA) is 75.7 Å². The summed E-state index contributed by atoms with van der Waals surface area (Å²) < 4.78 is 64.5. The second kappa shape index (κ2) is 6.72. The molecule has 0 bridgehead atoms. The number of carbonyl (C=O) groups excluding carboxylic acids is 1. The van der Waals surface area contributed by atoms with Crippen molar-refractivity contribution in [3.63, 3.8) is 0 Å². The van der Waals surface area contributed by atoms with Crippen LogP contribution in [0.4, 0.5) is 13.2 Å². The van der Waals surface area contributed by atoms with Crippen LogP contribution in [0.1, 0.15) is 12.8 Å². The zero-order valence-corrected chi connectivity index (χ0v) is 11.8. The number of piperidine rings is 1. The van der Waals surface area contributed by atoms with Gasteiger partial charge in [-0.1, -0.05) is 0 Å². The van der Waals surface area contributed by atoms with E-state index in [-0.39, 0.29) is 6.54 Å². The highest BCUT2D eigenvalue weighted by molar-refractivity contribution is 7.88. The van der Waals surface area contributed by atoms with Gasteiger partial charge in [0, 0.05) is 19.1 Å². The van der Waals surface area contributed by atoms with Gasteiger partial charge in [0.25, 0.3) is 0 Å². The molecule has 0 saturated carbocycles. The summed E-state index contributed by atoms with van der Waals surface area (Å²) in [5.74, 6) is -0.575. The average Bonchev–Trinajstić information content (AvgIpc) is 2.25. The van der Waals surface area contributed by atoms with E-state index in [1.54, 1.807) is 0 Å². The number of hydrogen-bond donors (Lipinski definition) is 1. The van der Waals surface area contributed by atoms with Gasteiger partial charge in [-0.3, -0.25) is 4.79 Å². The van der Waals surface area contributed by atoms with Crippen molar-refractivity contribution >= 4 is 15.9 Å². The molecule has 10 heteroatoms. The smallest absolute Gasteiger partial charge is 0.362 e. The van der Waals surface area contributed by atoms with E-state index in [9.17, 15) is 26.4 Å². The number of nitrogens with one attached hydrogen (secondary N) is 1. The zero-order chi connectivity index (χ0) is 15.4. The zero-order valence-electron chi connectivity index (χ0n) is 10.9. The molecule has 0 aromatic carbocycles. The fourth-order valence-electron chi connectivity index (χ4n) is 1.95. The maximum Gasteiger partial charge on any atom is 0.411 e. The van der Waals surface area contributed by atoms with Crippen molar-refractivity contribution < 1.29 is 31.1 Å². The minimum absolute atomic E-state index is 0.140. The van der Waals surface area contributed by atoms with Gasteiger partial charge in [0.05, 0.1) is 6.26 Å². The summed E-state index contributed by atoms with van der Waals surface area (Å²) >= 11 is 0. The fraction of sp³-hybridized carbons (Fsp3) is 0.900. The minimum Gasteiger partial charge on any atom is -0.362 e. The van der Waals surface area contributed by atoms with Crippen LogP contribution < -0.4 is 4.72 Å². The van der Waals surface area contributed by atoms with E-state index in [1.165, 1.54) is 4.90 Å². The van der Waals surface area contributed by atoms with Gasteiger partial charge in [0.1, 0.15) is 13.2 Å². The van der Waals surface area contributed by atoms with E-state index in [0.717, 1.165) is 6.26 Å². The monoisotopic (exact) mass is 318 g/mol. The lowest BCUT2D eigenvalue weighted by atomic mass is 10.1. The summed E-state index contributed by atoms with van der Waals surface area (Å²) in [5.41, 5.74) is 0. The molecule has 1 saturated heterocycles. The molecule has 1 amide bonds. The number of halogens is 3. The number of sulfonamides is 1. The molecule has 1 fully saturated rings. The Bertz CT molecular complexity index is 438. The van der Waals surface area contributed by atoms with Crippen molar-refractivity contribution in [1.82, 2.24) is 9.62 Å². The van der Waals surface area contributed by atoms with E-state index < -0.39 is 41.4 Å². The molecule has 0 unspecified atom stereocenters. The number of alkyl halides is 3. The second-order valence-corrected chi connectivity index (χ2v) is 6.46. The third-order valence-electron chi connectivity index (χ3n) is 2.65. The average molecular weight is 318 g/mol. The van der Waals surface area contributed by atoms with Crippen LogP contribution in [0.25, 0.3) is 0 Å². The van der Waals surface area contributed by atoms with E-state index in [1.807, 2.05) is 0 Å². The number of amides is 1. The van der Waals surface area contributed by atoms with E-state index in [0.29, 0.717) is 19.4 Å². The van der Waals surface area contributed by atoms with E-state index in [4.69, 9.17) is 0 Å². The maximum atomic E-state index is 11.9. The highest BCUT2D eigenvalue weighted by Crippen LogP contribution is 2.15. The molecule has 0 aliphatic carbocycles. The number of hydrogen-bond acceptors (Lipinski definition) is 4. The molecule has 0 radical (unpaired) electrons. The first-order valence-electron chi connectivity index (χ1n) is 5.96. The summed E-state index contributed by atoms with van der Waals surface area (Å²) in [6.07, 6.45) is -2.29. The summed E-state index contributed by atoms with van der Waals surface area (Å²) in [4.78, 5) is 13.0. The lowest BCUT2D eigenvalue weighted by molar-refractivity contribution is -0.178. The Balaban J connectivity index is 2.40. The predicted octanol–water partition coefficient (Wildman–Crippen LogP) is 0.105. The van der Waals surface area contributed by atoms with E-state index >= 15 is 0 Å². The summed E-state index contributed by atoms with van der Waals surface area (Å²) in [7, 11) is -3.38. The van der Waals surface area contributed by atoms with Gasteiger partial charge in [0.2, 0.25) is 15.9 Å². The highest BCUT2D eigenvalue weighted by Gasteiger charge is 2.29. The molecule has 1 atom stereocenters. The Hall–Kier alpha value is -0.870. The Morgan fingerprint density at radius 2 is 2.10 bits per heavy atom. The van der Waals surface area contributed by atoms with Crippen LogP contribution in [0, 0.1) is 0 Å². The number of nitrogens with zero attached hydrogens (tertiary/aromatic N) is 1. The highest BCUT2D eigenvalue weighted by atomic mass is 32.2. The first-order valence-corrected chi connectivity index (χ1v) is 7.85. The molecule has 118 valence electrons. The van der Waals surface area contributed by atoms with Crippen LogP contribution in [0.5, 0.6) is 0 Å². The SMILES string of the molecule is CS(=O)(=O)N[C@H]1CCCN(C(=O)COCC(F)(F)F)C1. The van der Waals surface area contributed by atoms with Crippen LogP contribution in [0.2, 0.25) is 0 Å². The summed E-state index contributed by atoms with van der Waals surface area (Å²) in [6, 6.07) is -0.412. The lowest BCUT2D eigenvalue weighted by Gasteiger charge is -2.32. The molecule has 1 aliphatic rings. The number of likely N-dealkylation sites (tertiary alicyclic amines) is 1. The van der Waals surface area contributed by atoms with Crippen LogP contribution >= 0.6 is 0 Å². The standard InChI is InChI=1S/C10H17F3N2O4S/c1-20(17,18)14-8-3-2-4-15(5-8)9(16)6-19-7-10(11,12)13/h8,14H,2-7H2,1H3/t8-/m0/s1. The molecule has 0 aromatic heterocycles.